The Bertz CT molecular complexity index is 4250. The molecule has 0 amide bonds. The SMILES string of the molecule is N#C/C(=C(/C#N)c1ccc2c(c1)C1(c3ccccc3-c3ccccc31)c1cc(N(c3ccccc3)c3ccccc3)ccc1-2)c1ccc2c(c1)C1(c3ccccc3-c3ccccc31)c1cc(N(c3ccccc3)c3ccccc3)ccc1-2. The van der Waals surface area contributed by atoms with Crippen LogP contribution in [-0.2, 0) is 10.8 Å². The minimum atomic E-state index is -0.735. The van der Waals surface area contributed by atoms with Gasteiger partial charge in [-0.15, -0.1) is 0 Å². The molecule has 4 aliphatic rings. The Balaban J connectivity index is 0.896. The second kappa shape index (κ2) is 18.3. The quantitative estimate of drug-likeness (QED) is 0.112. The molecular weight excluding hydrogens is 993 g/mol. The molecule has 0 aromatic heterocycles. The van der Waals surface area contributed by atoms with E-state index in [1.807, 2.05) is 0 Å². The van der Waals surface area contributed by atoms with Gasteiger partial charge < -0.3 is 9.80 Å². The van der Waals surface area contributed by atoms with Crippen molar-refractivity contribution in [3.63, 3.8) is 0 Å². The van der Waals surface area contributed by atoms with E-state index in [0.29, 0.717) is 22.3 Å². The highest BCUT2D eigenvalue weighted by molar-refractivity contribution is 6.06. The summed E-state index contributed by atoms with van der Waals surface area (Å²) in [6.45, 7) is 0. The zero-order chi connectivity index (χ0) is 54.5. The molecule has 0 unspecified atom stereocenters. The first-order chi connectivity index (χ1) is 40.6. The molecule has 0 radical (unpaired) electrons. The molecule has 0 bridgehead atoms. The number of hydrogen-bond acceptors (Lipinski definition) is 4. The summed E-state index contributed by atoms with van der Waals surface area (Å²) in [5.74, 6) is 0. The molecule has 82 heavy (non-hydrogen) atoms. The predicted octanol–water partition coefficient (Wildman–Crippen LogP) is 19.3. The van der Waals surface area contributed by atoms with Gasteiger partial charge in [-0.25, -0.2) is 0 Å². The van der Waals surface area contributed by atoms with Gasteiger partial charge >= 0.3 is 0 Å². The van der Waals surface area contributed by atoms with Crippen molar-refractivity contribution in [2.24, 2.45) is 0 Å². The molecule has 380 valence electrons. The van der Waals surface area contributed by atoms with Crippen LogP contribution in [-0.4, -0.2) is 0 Å². The lowest BCUT2D eigenvalue weighted by molar-refractivity contribution is 0.793. The van der Waals surface area contributed by atoms with Crippen LogP contribution in [0.3, 0.4) is 0 Å². The Hall–Kier alpha value is -11.0. The van der Waals surface area contributed by atoms with Gasteiger partial charge in [-0.05, 0) is 185 Å². The molecule has 0 heterocycles. The third-order valence-corrected chi connectivity index (χ3v) is 17.8. The fraction of sp³-hybridized carbons (Fsp3) is 0.0256. The van der Waals surface area contributed by atoms with E-state index in [2.05, 4.69) is 313 Å². The molecule has 4 nitrogen and oxygen atoms in total. The topological polar surface area (TPSA) is 54.1 Å². The highest BCUT2D eigenvalue weighted by atomic mass is 15.1. The van der Waals surface area contributed by atoms with E-state index in [-0.39, 0.29) is 0 Å². The third-order valence-electron chi connectivity index (χ3n) is 17.8. The fourth-order valence-corrected chi connectivity index (χ4v) is 14.6. The number of anilines is 6. The Morgan fingerprint density at radius 2 is 0.476 bits per heavy atom. The van der Waals surface area contributed by atoms with E-state index >= 15 is 0 Å². The van der Waals surface area contributed by atoms with Gasteiger partial charge in [0.25, 0.3) is 0 Å². The van der Waals surface area contributed by atoms with Crippen LogP contribution in [0.25, 0.3) is 55.7 Å². The van der Waals surface area contributed by atoms with Gasteiger partial charge in [0.2, 0.25) is 0 Å². The summed E-state index contributed by atoms with van der Waals surface area (Å²) in [5.41, 5.74) is 25.4. The van der Waals surface area contributed by atoms with Crippen LogP contribution in [0.1, 0.15) is 55.6 Å². The molecular formula is C78H48N4. The van der Waals surface area contributed by atoms with E-state index in [4.69, 9.17) is 0 Å². The Kier molecular flexibility index (Phi) is 10.5. The average Bonchev–Trinajstić information content (AvgIpc) is 2.53. The van der Waals surface area contributed by atoms with Crippen molar-refractivity contribution >= 4 is 45.3 Å². The molecule has 0 saturated carbocycles. The van der Waals surface area contributed by atoms with Crippen LogP contribution in [0.15, 0.2) is 291 Å². The standard InChI is InChI=1S/C78H48N4/c79-49-67(51-37-41-63-65-43-39-57(81(53-21-5-1-6-22-53)54-23-7-2-8-24-54)47-75(65)77(73(63)45-51)69-33-17-13-29-59(69)60-30-14-18-34-70(60)77)68(50-80)52-38-42-64-66-44-40-58(82(55-25-9-3-10-26-55)56-27-11-4-12-28-56)48-76(66)78(74(64)46-52)71-35-19-15-31-61(71)62-32-16-20-36-72(62)78/h1-48H/b68-67+. The second-order valence-electron chi connectivity index (χ2n) is 21.6. The number of nitrogens with zero attached hydrogens (tertiary/aromatic N) is 4. The summed E-state index contributed by atoms with van der Waals surface area (Å²) < 4.78 is 0. The van der Waals surface area contributed by atoms with E-state index < -0.39 is 10.8 Å². The van der Waals surface area contributed by atoms with Gasteiger partial charge in [-0.1, -0.05) is 206 Å². The first kappa shape index (κ1) is 47.0. The van der Waals surface area contributed by atoms with Crippen molar-refractivity contribution in [2.45, 2.75) is 10.8 Å². The van der Waals surface area contributed by atoms with E-state index in [1.165, 1.54) is 55.6 Å². The number of fused-ring (bicyclic) bond motifs is 20. The highest BCUT2D eigenvalue weighted by Crippen LogP contribution is 2.66. The zero-order valence-corrected chi connectivity index (χ0v) is 44.5. The maximum atomic E-state index is 11.7. The fourth-order valence-electron chi connectivity index (χ4n) is 14.6. The predicted molar refractivity (Wildman–Crippen MR) is 333 cm³/mol. The van der Waals surface area contributed by atoms with Crippen molar-refractivity contribution in [1.29, 1.82) is 10.5 Å². The monoisotopic (exact) mass is 1040 g/mol. The normalized spacial score (nSPS) is 13.7. The Labute approximate surface area is 477 Å². The van der Waals surface area contributed by atoms with Crippen LogP contribution in [0.5, 0.6) is 0 Å². The first-order valence-corrected chi connectivity index (χ1v) is 27.9. The molecule has 0 atom stereocenters. The number of nitriles is 2. The maximum Gasteiger partial charge on any atom is 0.101 e. The van der Waals surface area contributed by atoms with Crippen LogP contribution < -0.4 is 9.80 Å². The summed E-state index contributed by atoms with van der Waals surface area (Å²) in [6.07, 6.45) is 0. The van der Waals surface area contributed by atoms with Crippen molar-refractivity contribution < 1.29 is 0 Å². The Morgan fingerprint density at radius 1 is 0.232 bits per heavy atom. The molecule has 12 aromatic rings. The number of benzene rings is 12. The van der Waals surface area contributed by atoms with Gasteiger partial charge in [0.15, 0.2) is 0 Å². The van der Waals surface area contributed by atoms with Crippen molar-refractivity contribution in [1.82, 2.24) is 0 Å². The van der Waals surface area contributed by atoms with Crippen LogP contribution in [0.4, 0.5) is 34.1 Å². The van der Waals surface area contributed by atoms with Gasteiger partial charge in [0.05, 0.1) is 22.0 Å². The smallest absolute Gasteiger partial charge is 0.101 e. The molecule has 12 aromatic carbocycles. The lowest BCUT2D eigenvalue weighted by Gasteiger charge is -2.32. The van der Waals surface area contributed by atoms with E-state index in [1.54, 1.807) is 0 Å². The molecule has 0 N–H and O–H groups in total. The third kappa shape index (κ3) is 6.52. The molecule has 0 saturated heterocycles. The van der Waals surface area contributed by atoms with E-state index in [0.717, 1.165) is 67.5 Å². The van der Waals surface area contributed by atoms with Gasteiger partial charge in [0.1, 0.15) is 12.1 Å². The minimum absolute atomic E-state index is 0.330. The number of hydrogen-bond donors (Lipinski definition) is 0. The number of para-hydroxylation sites is 4. The summed E-state index contributed by atoms with van der Waals surface area (Å²) in [6, 6.07) is 109. The van der Waals surface area contributed by atoms with Crippen molar-refractivity contribution in [2.75, 3.05) is 9.80 Å². The summed E-state index contributed by atoms with van der Waals surface area (Å²) in [5, 5.41) is 23.3. The van der Waals surface area contributed by atoms with Gasteiger partial charge in [-0.2, -0.15) is 10.5 Å². The summed E-state index contributed by atoms with van der Waals surface area (Å²) in [4.78, 5) is 4.66. The molecule has 16 rings (SSSR count). The number of allylic oxidation sites excluding steroid dienone is 2. The molecule has 4 aliphatic carbocycles. The lowest BCUT2D eigenvalue weighted by atomic mass is 9.70. The molecule has 2 spiro atoms. The highest BCUT2D eigenvalue weighted by Gasteiger charge is 2.54. The summed E-state index contributed by atoms with van der Waals surface area (Å²) >= 11 is 0. The summed E-state index contributed by atoms with van der Waals surface area (Å²) in [7, 11) is 0. The van der Waals surface area contributed by atoms with Gasteiger partial charge in [0, 0.05) is 34.1 Å². The molecule has 4 heteroatoms. The Morgan fingerprint density at radius 3 is 0.768 bits per heavy atom. The second-order valence-corrected chi connectivity index (χ2v) is 21.6. The minimum Gasteiger partial charge on any atom is -0.310 e. The average molecular weight is 1040 g/mol. The van der Waals surface area contributed by atoms with Crippen LogP contribution >= 0.6 is 0 Å². The largest absolute Gasteiger partial charge is 0.310 e. The van der Waals surface area contributed by atoms with Gasteiger partial charge in [-0.3, -0.25) is 0 Å². The molecule has 0 fully saturated rings. The molecule has 0 aliphatic heterocycles. The first-order valence-electron chi connectivity index (χ1n) is 27.9. The zero-order valence-electron chi connectivity index (χ0n) is 44.5. The van der Waals surface area contributed by atoms with E-state index in [9.17, 15) is 10.5 Å². The number of rotatable bonds is 8. The van der Waals surface area contributed by atoms with Crippen LogP contribution in [0, 0.1) is 22.7 Å². The van der Waals surface area contributed by atoms with Crippen LogP contribution in [0.2, 0.25) is 0 Å². The van der Waals surface area contributed by atoms with Crippen molar-refractivity contribution in [3.8, 4) is 56.6 Å². The maximum absolute atomic E-state index is 11.7. The lowest BCUT2D eigenvalue weighted by Crippen LogP contribution is -2.26. The van der Waals surface area contributed by atoms with Crippen molar-refractivity contribution in [3.05, 3.63) is 347 Å².